The number of benzene rings is 1. The van der Waals surface area contributed by atoms with Gasteiger partial charge in [-0.15, -0.1) is 11.8 Å². The number of hydrogen-bond acceptors (Lipinski definition) is 3. The molecular formula is C13H16N2S. The molecule has 1 saturated carbocycles. The second kappa shape index (κ2) is 5.27. The molecule has 0 spiro atoms. The van der Waals surface area contributed by atoms with Crippen LogP contribution in [0.4, 0.5) is 5.69 Å². The lowest BCUT2D eigenvalue weighted by atomic mass is 10.1. The number of anilines is 1. The summed E-state index contributed by atoms with van der Waals surface area (Å²) in [5.41, 5.74) is 6.95. The van der Waals surface area contributed by atoms with Gasteiger partial charge >= 0.3 is 0 Å². The fraction of sp³-hybridized carbons (Fsp3) is 0.462. The number of hydrogen-bond donors (Lipinski definition) is 1. The summed E-state index contributed by atoms with van der Waals surface area (Å²) in [7, 11) is 0. The Morgan fingerprint density at radius 2 is 2.12 bits per heavy atom. The molecule has 3 heteroatoms. The molecule has 2 nitrogen and oxygen atoms in total. The van der Waals surface area contributed by atoms with Gasteiger partial charge < -0.3 is 5.73 Å². The van der Waals surface area contributed by atoms with Gasteiger partial charge in [0.05, 0.1) is 11.3 Å². The first-order valence-electron chi connectivity index (χ1n) is 5.72. The fourth-order valence-corrected chi connectivity index (χ4v) is 3.26. The van der Waals surface area contributed by atoms with Crippen molar-refractivity contribution in [1.29, 1.82) is 5.26 Å². The van der Waals surface area contributed by atoms with E-state index in [0.29, 0.717) is 11.3 Å². The highest BCUT2D eigenvalue weighted by atomic mass is 32.2. The number of nitrogens with zero attached hydrogens (tertiary/aromatic N) is 1. The molecule has 1 fully saturated rings. The summed E-state index contributed by atoms with van der Waals surface area (Å²) in [5.74, 6) is 2.06. The predicted octanol–water partition coefficient (Wildman–Crippen LogP) is 3.42. The largest absolute Gasteiger partial charge is 0.398 e. The van der Waals surface area contributed by atoms with Crippen LogP contribution in [0.5, 0.6) is 0 Å². The Hall–Kier alpha value is -1.14. The first kappa shape index (κ1) is 11.3. The van der Waals surface area contributed by atoms with Crippen LogP contribution >= 0.6 is 11.8 Å². The number of nitrogen functional groups attached to an aromatic ring is 1. The third-order valence-electron chi connectivity index (χ3n) is 3.10. The summed E-state index contributed by atoms with van der Waals surface area (Å²) in [4.78, 5) is 1.18. The lowest BCUT2D eigenvalue weighted by molar-refractivity contribution is 0.623. The molecule has 2 rings (SSSR count). The summed E-state index contributed by atoms with van der Waals surface area (Å²) < 4.78 is 0. The van der Waals surface area contributed by atoms with Crippen molar-refractivity contribution in [2.24, 2.45) is 5.92 Å². The van der Waals surface area contributed by atoms with Crippen molar-refractivity contribution in [1.82, 2.24) is 0 Å². The van der Waals surface area contributed by atoms with Gasteiger partial charge in [-0.1, -0.05) is 12.8 Å². The third kappa shape index (κ3) is 2.70. The SMILES string of the molecule is N#Cc1ccc(SCC2CCCC2)cc1N. The minimum Gasteiger partial charge on any atom is -0.398 e. The normalized spacial score (nSPS) is 16.2. The van der Waals surface area contributed by atoms with Crippen LogP contribution in [0.15, 0.2) is 23.1 Å². The van der Waals surface area contributed by atoms with Gasteiger partial charge in [-0.05, 0) is 37.0 Å². The first-order chi connectivity index (χ1) is 7.79. The Balaban J connectivity index is 1.94. The van der Waals surface area contributed by atoms with E-state index in [1.165, 1.54) is 36.3 Å². The highest BCUT2D eigenvalue weighted by Gasteiger charge is 2.15. The van der Waals surface area contributed by atoms with Crippen molar-refractivity contribution in [2.45, 2.75) is 30.6 Å². The maximum atomic E-state index is 8.78. The molecule has 0 atom stereocenters. The monoisotopic (exact) mass is 232 g/mol. The van der Waals surface area contributed by atoms with Crippen molar-refractivity contribution in [2.75, 3.05) is 11.5 Å². The van der Waals surface area contributed by atoms with Crippen LogP contribution in [0, 0.1) is 17.2 Å². The number of thioether (sulfide) groups is 1. The topological polar surface area (TPSA) is 49.8 Å². The second-order valence-electron chi connectivity index (χ2n) is 4.32. The third-order valence-corrected chi connectivity index (χ3v) is 4.33. The second-order valence-corrected chi connectivity index (χ2v) is 5.42. The maximum Gasteiger partial charge on any atom is 0.101 e. The molecule has 0 heterocycles. The van der Waals surface area contributed by atoms with Gasteiger partial charge in [-0.2, -0.15) is 5.26 Å². The van der Waals surface area contributed by atoms with Crippen LogP contribution in [0.25, 0.3) is 0 Å². The van der Waals surface area contributed by atoms with E-state index in [1.807, 2.05) is 30.0 Å². The zero-order valence-electron chi connectivity index (χ0n) is 9.28. The zero-order valence-corrected chi connectivity index (χ0v) is 10.1. The van der Waals surface area contributed by atoms with Crippen molar-refractivity contribution in [3.8, 4) is 6.07 Å². The molecule has 0 radical (unpaired) electrons. The van der Waals surface area contributed by atoms with Crippen molar-refractivity contribution in [3.05, 3.63) is 23.8 Å². The average Bonchev–Trinajstić information content (AvgIpc) is 2.79. The van der Waals surface area contributed by atoms with Gasteiger partial charge in [0.1, 0.15) is 6.07 Å². The first-order valence-corrected chi connectivity index (χ1v) is 6.70. The van der Waals surface area contributed by atoms with E-state index >= 15 is 0 Å². The molecule has 0 unspecified atom stereocenters. The maximum absolute atomic E-state index is 8.78. The summed E-state index contributed by atoms with van der Waals surface area (Å²) in [6, 6.07) is 7.81. The number of rotatable bonds is 3. The molecule has 84 valence electrons. The Bertz CT molecular complexity index is 403. The van der Waals surface area contributed by atoms with Crippen LogP contribution < -0.4 is 5.73 Å². The Morgan fingerprint density at radius 1 is 1.38 bits per heavy atom. The van der Waals surface area contributed by atoms with Gasteiger partial charge in [0.25, 0.3) is 0 Å². The van der Waals surface area contributed by atoms with Crippen LogP contribution in [0.2, 0.25) is 0 Å². The smallest absolute Gasteiger partial charge is 0.101 e. The molecule has 16 heavy (non-hydrogen) atoms. The molecule has 0 aliphatic heterocycles. The minimum atomic E-state index is 0.574. The van der Waals surface area contributed by atoms with Gasteiger partial charge in [0.2, 0.25) is 0 Å². The Kier molecular flexibility index (Phi) is 3.74. The Morgan fingerprint density at radius 3 is 2.75 bits per heavy atom. The lowest BCUT2D eigenvalue weighted by Gasteiger charge is -2.08. The molecule has 1 aliphatic carbocycles. The fourth-order valence-electron chi connectivity index (χ4n) is 2.12. The summed E-state index contributed by atoms with van der Waals surface area (Å²) in [6.45, 7) is 0. The highest BCUT2D eigenvalue weighted by molar-refractivity contribution is 7.99. The van der Waals surface area contributed by atoms with E-state index < -0.39 is 0 Å². The molecule has 1 aromatic carbocycles. The van der Waals surface area contributed by atoms with Crippen molar-refractivity contribution >= 4 is 17.4 Å². The Labute approximate surface area is 101 Å². The lowest BCUT2D eigenvalue weighted by Crippen LogP contribution is -1.97. The van der Waals surface area contributed by atoms with Gasteiger partial charge in [-0.25, -0.2) is 0 Å². The molecule has 1 aromatic rings. The molecule has 0 amide bonds. The van der Waals surface area contributed by atoms with Gasteiger partial charge in [0, 0.05) is 10.6 Å². The molecule has 0 saturated heterocycles. The number of nitrogens with two attached hydrogens (primary N) is 1. The van der Waals surface area contributed by atoms with E-state index in [2.05, 4.69) is 6.07 Å². The number of nitriles is 1. The van der Waals surface area contributed by atoms with Crippen LogP contribution in [0.3, 0.4) is 0 Å². The summed E-state index contributed by atoms with van der Waals surface area (Å²) >= 11 is 1.86. The molecule has 0 aromatic heterocycles. The van der Waals surface area contributed by atoms with Crippen LogP contribution in [-0.2, 0) is 0 Å². The molecule has 0 bridgehead atoms. The van der Waals surface area contributed by atoms with Gasteiger partial charge in [0.15, 0.2) is 0 Å². The summed E-state index contributed by atoms with van der Waals surface area (Å²) in [6.07, 6.45) is 5.53. The van der Waals surface area contributed by atoms with Crippen LogP contribution in [-0.4, -0.2) is 5.75 Å². The minimum absolute atomic E-state index is 0.574. The van der Waals surface area contributed by atoms with E-state index in [9.17, 15) is 0 Å². The molecule has 2 N–H and O–H groups in total. The van der Waals surface area contributed by atoms with E-state index in [0.717, 1.165) is 5.92 Å². The summed E-state index contributed by atoms with van der Waals surface area (Å²) in [5, 5.41) is 8.78. The van der Waals surface area contributed by atoms with Crippen LogP contribution in [0.1, 0.15) is 31.2 Å². The highest BCUT2D eigenvalue weighted by Crippen LogP contribution is 2.31. The van der Waals surface area contributed by atoms with Gasteiger partial charge in [-0.3, -0.25) is 0 Å². The van der Waals surface area contributed by atoms with E-state index in [4.69, 9.17) is 11.0 Å². The zero-order chi connectivity index (χ0) is 11.4. The average molecular weight is 232 g/mol. The predicted molar refractivity (Wildman–Crippen MR) is 68.3 cm³/mol. The quantitative estimate of drug-likeness (QED) is 0.641. The van der Waals surface area contributed by atoms with Crippen molar-refractivity contribution < 1.29 is 0 Å². The molecular weight excluding hydrogens is 216 g/mol. The van der Waals surface area contributed by atoms with Crippen molar-refractivity contribution in [3.63, 3.8) is 0 Å². The molecule has 1 aliphatic rings. The standard InChI is InChI=1S/C13H16N2S/c14-8-11-5-6-12(7-13(11)15)16-9-10-3-1-2-4-10/h5-7,10H,1-4,9,15H2. The van der Waals surface area contributed by atoms with E-state index in [1.54, 1.807) is 0 Å². The van der Waals surface area contributed by atoms with E-state index in [-0.39, 0.29) is 0 Å².